The zero-order chi connectivity index (χ0) is 11.5. The summed E-state index contributed by atoms with van der Waals surface area (Å²) in [5, 5.41) is -0.282. The summed E-state index contributed by atoms with van der Waals surface area (Å²) in [6.07, 6.45) is 3.32. The van der Waals surface area contributed by atoms with Crippen molar-refractivity contribution in [2.45, 2.75) is 35.8 Å². The van der Waals surface area contributed by atoms with Crippen LogP contribution in [0.25, 0.3) is 0 Å². The maximum atomic E-state index is 12.2. The first-order chi connectivity index (χ1) is 7.68. The maximum absolute atomic E-state index is 12.2. The Morgan fingerprint density at radius 2 is 1.88 bits per heavy atom. The van der Waals surface area contributed by atoms with Gasteiger partial charge in [0.25, 0.3) is 0 Å². The summed E-state index contributed by atoms with van der Waals surface area (Å²) in [7, 11) is -1.18. The van der Waals surface area contributed by atoms with Crippen LogP contribution in [0.3, 0.4) is 0 Å². The molecular weight excluding hydrogens is 288 g/mol. The molecule has 1 fully saturated rings. The van der Waals surface area contributed by atoms with E-state index in [1.54, 1.807) is 0 Å². The second-order valence-electron chi connectivity index (χ2n) is 3.95. The van der Waals surface area contributed by atoms with E-state index >= 15 is 0 Å². The lowest BCUT2D eigenvalue weighted by atomic mass is 9.99. The average Bonchev–Trinajstić information content (AvgIpc) is 2.30. The standard InChI is InChI=1S/C12H13BrO2S/c13-9-5-7-10(8-6-9)16(15)12-4-2-1-3-11(12)14/h5-8,12H,1-4H2. The number of hydrogen-bond acceptors (Lipinski definition) is 2. The number of hydrogen-bond donors (Lipinski definition) is 0. The van der Waals surface area contributed by atoms with Crippen molar-refractivity contribution in [2.75, 3.05) is 0 Å². The molecule has 0 bridgehead atoms. The van der Waals surface area contributed by atoms with Crippen molar-refractivity contribution in [3.05, 3.63) is 28.7 Å². The van der Waals surface area contributed by atoms with E-state index in [-0.39, 0.29) is 11.0 Å². The Balaban J connectivity index is 2.17. The molecule has 2 nitrogen and oxygen atoms in total. The van der Waals surface area contributed by atoms with Gasteiger partial charge in [0.1, 0.15) is 5.78 Å². The summed E-state index contributed by atoms with van der Waals surface area (Å²) in [5.41, 5.74) is 0. The minimum absolute atomic E-state index is 0.160. The number of rotatable bonds is 2. The first kappa shape index (κ1) is 12.0. The fourth-order valence-electron chi connectivity index (χ4n) is 1.91. The van der Waals surface area contributed by atoms with E-state index in [1.165, 1.54) is 0 Å². The van der Waals surface area contributed by atoms with Crippen molar-refractivity contribution in [1.29, 1.82) is 0 Å². The first-order valence-corrected chi connectivity index (χ1v) is 7.38. The van der Waals surface area contributed by atoms with Gasteiger partial charge in [-0.25, -0.2) is 0 Å². The molecule has 0 aromatic heterocycles. The highest BCUT2D eigenvalue weighted by Gasteiger charge is 2.28. The minimum atomic E-state index is -1.18. The minimum Gasteiger partial charge on any atom is -0.298 e. The second-order valence-corrected chi connectivity index (χ2v) is 6.50. The third kappa shape index (κ3) is 2.61. The molecule has 0 aliphatic heterocycles. The number of carbonyl (C=O) groups is 1. The second kappa shape index (κ2) is 5.23. The third-order valence-electron chi connectivity index (χ3n) is 2.80. The van der Waals surface area contributed by atoms with Crippen molar-refractivity contribution in [3.63, 3.8) is 0 Å². The average molecular weight is 301 g/mol. The largest absolute Gasteiger partial charge is 0.298 e. The summed E-state index contributed by atoms with van der Waals surface area (Å²) in [6, 6.07) is 7.37. The lowest BCUT2D eigenvalue weighted by Crippen LogP contribution is -2.29. The Kier molecular flexibility index (Phi) is 3.92. The Hall–Kier alpha value is -0.480. The molecule has 1 aliphatic rings. The van der Waals surface area contributed by atoms with E-state index in [4.69, 9.17) is 0 Å². The van der Waals surface area contributed by atoms with Crippen LogP contribution in [0.15, 0.2) is 33.6 Å². The highest BCUT2D eigenvalue weighted by Crippen LogP contribution is 2.24. The van der Waals surface area contributed by atoms with Gasteiger partial charge in [0.05, 0.1) is 16.0 Å². The highest BCUT2D eigenvalue weighted by molar-refractivity contribution is 9.10. The zero-order valence-corrected chi connectivity index (χ0v) is 11.2. The molecular formula is C12H13BrO2S. The van der Waals surface area contributed by atoms with E-state index in [9.17, 15) is 9.00 Å². The molecule has 1 aliphatic carbocycles. The van der Waals surface area contributed by atoms with Gasteiger partial charge in [-0.2, -0.15) is 0 Å². The predicted molar refractivity (Wildman–Crippen MR) is 67.8 cm³/mol. The van der Waals surface area contributed by atoms with E-state index in [1.807, 2.05) is 24.3 Å². The Morgan fingerprint density at radius 1 is 1.19 bits per heavy atom. The number of halogens is 1. The Labute approximate surface area is 106 Å². The molecule has 0 saturated heterocycles. The van der Waals surface area contributed by atoms with E-state index in [0.717, 1.165) is 28.6 Å². The van der Waals surface area contributed by atoms with Crippen LogP contribution in [-0.4, -0.2) is 15.2 Å². The molecule has 1 saturated carbocycles. The van der Waals surface area contributed by atoms with Gasteiger partial charge in [0.15, 0.2) is 0 Å². The monoisotopic (exact) mass is 300 g/mol. The molecule has 1 aromatic rings. The molecule has 1 aromatic carbocycles. The van der Waals surface area contributed by atoms with Crippen LogP contribution in [-0.2, 0) is 15.6 Å². The van der Waals surface area contributed by atoms with Gasteiger partial charge in [-0.1, -0.05) is 22.4 Å². The molecule has 16 heavy (non-hydrogen) atoms. The quantitative estimate of drug-likeness (QED) is 0.841. The van der Waals surface area contributed by atoms with Crippen LogP contribution >= 0.6 is 15.9 Å². The highest BCUT2D eigenvalue weighted by atomic mass is 79.9. The maximum Gasteiger partial charge on any atom is 0.148 e. The summed E-state index contributed by atoms with van der Waals surface area (Å²) in [4.78, 5) is 12.4. The molecule has 0 amide bonds. The fourth-order valence-corrected chi connectivity index (χ4v) is 3.64. The van der Waals surface area contributed by atoms with Gasteiger partial charge < -0.3 is 0 Å². The van der Waals surface area contributed by atoms with Crippen LogP contribution in [0, 0.1) is 0 Å². The topological polar surface area (TPSA) is 34.1 Å². The normalized spacial score (nSPS) is 23.1. The van der Waals surface area contributed by atoms with Gasteiger partial charge in [0, 0.05) is 15.8 Å². The zero-order valence-electron chi connectivity index (χ0n) is 8.82. The third-order valence-corrected chi connectivity index (χ3v) is 5.08. The molecule has 2 atom stereocenters. The van der Waals surface area contributed by atoms with Gasteiger partial charge in [-0.05, 0) is 37.1 Å². The predicted octanol–water partition coefficient (Wildman–Crippen LogP) is 3.07. The van der Waals surface area contributed by atoms with Crippen molar-refractivity contribution in [1.82, 2.24) is 0 Å². The fraction of sp³-hybridized carbons (Fsp3) is 0.417. The van der Waals surface area contributed by atoms with Gasteiger partial charge in [-0.15, -0.1) is 0 Å². The Morgan fingerprint density at radius 3 is 2.50 bits per heavy atom. The number of carbonyl (C=O) groups excluding carboxylic acids is 1. The van der Waals surface area contributed by atoms with E-state index in [2.05, 4.69) is 15.9 Å². The SMILES string of the molecule is O=C1CCCCC1S(=O)c1ccc(Br)cc1. The number of ketones is 1. The summed E-state index contributed by atoms with van der Waals surface area (Å²) < 4.78 is 13.2. The van der Waals surface area contributed by atoms with Gasteiger partial charge in [0.2, 0.25) is 0 Å². The van der Waals surface area contributed by atoms with Crippen LogP contribution in [0.1, 0.15) is 25.7 Å². The molecule has 86 valence electrons. The molecule has 0 heterocycles. The first-order valence-electron chi connectivity index (χ1n) is 5.37. The number of benzene rings is 1. The van der Waals surface area contributed by atoms with Crippen LogP contribution < -0.4 is 0 Å². The molecule has 0 N–H and O–H groups in total. The summed E-state index contributed by atoms with van der Waals surface area (Å²) in [6.45, 7) is 0. The van der Waals surface area contributed by atoms with Gasteiger partial charge in [-0.3, -0.25) is 9.00 Å². The molecule has 2 unspecified atom stereocenters. The van der Waals surface area contributed by atoms with Crippen LogP contribution in [0.2, 0.25) is 0 Å². The number of Topliss-reactive ketones (excluding diaryl/α,β-unsaturated/α-hetero) is 1. The molecule has 4 heteroatoms. The van der Waals surface area contributed by atoms with Crippen molar-refractivity contribution < 1.29 is 9.00 Å². The van der Waals surface area contributed by atoms with Crippen LogP contribution in [0.4, 0.5) is 0 Å². The van der Waals surface area contributed by atoms with Crippen LogP contribution in [0.5, 0.6) is 0 Å². The summed E-state index contributed by atoms with van der Waals surface area (Å²) >= 11 is 3.34. The Bertz CT molecular complexity index is 414. The lowest BCUT2D eigenvalue weighted by molar-refractivity contribution is -0.119. The lowest BCUT2D eigenvalue weighted by Gasteiger charge is -2.19. The van der Waals surface area contributed by atoms with Gasteiger partial charge >= 0.3 is 0 Å². The molecule has 2 rings (SSSR count). The molecule has 0 spiro atoms. The van der Waals surface area contributed by atoms with Crippen molar-refractivity contribution >= 4 is 32.5 Å². The molecule has 0 radical (unpaired) electrons. The van der Waals surface area contributed by atoms with Crippen molar-refractivity contribution in [2.24, 2.45) is 0 Å². The van der Waals surface area contributed by atoms with Crippen molar-refractivity contribution in [3.8, 4) is 0 Å². The smallest absolute Gasteiger partial charge is 0.148 e. The van der Waals surface area contributed by atoms with E-state index in [0.29, 0.717) is 6.42 Å². The summed E-state index contributed by atoms with van der Waals surface area (Å²) in [5.74, 6) is 0.160. The van der Waals surface area contributed by atoms with E-state index < -0.39 is 10.8 Å².